The fourth-order valence-corrected chi connectivity index (χ4v) is 1.23. The molecule has 1 heterocycles. The van der Waals surface area contributed by atoms with Crippen molar-refractivity contribution in [2.75, 3.05) is 13.2 Å². The molecule has 0 saturated heterocycles. The molecule has 0 radical (unpaired) electrons. The first-order valence-corrected chi connectivity index (χ1v) is 5.19. The van der Waals surface area contributed by atoms with E-state index in [0.717, 1.165) is 12.0 Å². The first kappa shape index (κ1) is 12.4. The highest BCUT2D eigenvalue weighted by molar-refractivity contribution is 5.84. The Hall–Kier alpha value is -1.62. The summed E-state index contributed by atoms with van der Waals surface area (Å²) in [7, 11) is 0. The number of ether oxygens (including phenoxy) is 1. The monoisotopic (exact) mass is 224 g/mol. The Morgan fingerprint density at radius 3 is 3.00 bits per heavy atom. The highest BCUT2D eigenvalue weighted by Crippen LogP contribution is 2.08. The van der Waals surface area contributed by atoms with Crippen LogP contribution in [-0.2, 0) is 6.42 Å². The third kappa shape index (κ3) is 3.51. The molecule has 1 rings (SSSR count). The van der Waals surface area contributed by atoms with E-state index in [1.165, 1.54) is 6.20 Å². The Kier molecular flexibility index (Phi) is 4.72. The summed E-state index contributed by atoms with van der Waals surface area (Å²) in [5.41, 5.74) is 1.00. The predicted molar refractivity (Wildman–Crippen MR) is 59.7 cm³/mol. The van der Waals surface area contributed by atoms with Crippen LogP contribution in [0.25, 0.3) is 0 Å². The molecule has 0 aliphatic heterocycles. The minimum Gasteiger partial charge on any atom is -0.616 e. The van der Waals surface area contributed by atoms with Gasteiger partial charge < -0.3 is 20.5 Å². The van der Waals surface area contributed by atoms with E-state index >= 15 is 0 Å². The standard InChI is InChI=1S/C11H16N2O3/c1-2-5-16-11-7-9(3-4-13(11)15)6-10(12)8-14/h3-4,7,12,14H,2,5-6,8H2,1H3. The van der Waals surface area contributed by atoms with E-state index < -0.39 is 0 Å². The average Bonchev–Trinajstić information content (AvgIpc) is 2.29. The van der Waals surface area contributed by atoms with Gasteiger partial charge >= 0.3 is 5.88 Å². The Morgan fingerprint density at radius 1 is 1.62 bits per heavy atom. The van der Waals surface area contributed by atoms with Crippen LogP contribution in [0.1, 0.15) is 18.9 Å². The average molecular weight is 224 g/mol. The molecule has 1 aromatic heterocycles. The fourth-order valence-electron chi connectivity index (χ4n) is 1.23. The Balaban J connectivity index is 2.76. The van der Waals surface area contributed by atoms with Crippen molar-refractivity contribution in [1.29, 1.82) is 5.41 Å². The molecular formula is C11H16N2O3. The highest BCUT2D eigenvalue weighted by Gasteiger charge is 2.08. The van der Waals surface area contributed by atoms with Gasteiger partial charge in [0.2, 0.25) is 0 Å². The van der Waals surface area contributed by atoms with Crippen molar-refractivity contribution in [1.82, 2.24) is 0 Å². The zero-order valence-electron chi connectivity index (χ0n) is 9.27. The number of aliphatic hydroxyl groups is 1. The van der Waals surface area contributed by atoms with Crippen molar-refractivity contribution < 1.29 is 14.6 Å². The minimum absolute atomic E-state index is 0.213. The minimum atomic E-state index is -0.266. The number of hydrogen-bond donors (Lipinski definition) is 2. The summed E-state index contributed by atoms with van der Waals surface area (Å²) in [6.07, 6.45) is 2.52. The SMILES string of the molecule is CCCOc1cc(CC(=N)CO)cc[n+]1[O-]. The van der Waals surface area contributed by atoms with E-state index in [2.05, 4.69) is 0 Å². The second-order valence-corrected chi connectivity index (χ2v) is 3.49. The van der Waals surface area contributed by atoms with Gasteiger partial charge in [-0.3, -0.25) is 0 Å². The summed E-state index contributed by atoms with van der Waals surface area (Å²) < 4.78 is 5.91. The smallest absolute Gasteiger partial charge is 0.379 e. The van der Waals surface area contributed by atoms with E-state index in [0.29, 0.717) is 17.8 Å². The Morgan fingerprint density at radius 2 is 2.38 bits per heavy atom. The largest absolute Gasteiger partial charge is 0.616 e. The number of hydrogen-bond acceptors (Lipinski definition) is 4. The number of aliphatic hydroxyl groups excluding tert-OH is 1. The van der Waals surface area contributed by atoms with Gasteiger partial charge in [-0.15, -0.1) is 4.73 Å². The van der Waals surface area contributed by atoms with E-state index in [4.69, 9.17) is 15.3 Å². The van der Waals surface area contributed by atoms with Gasteiger partial charge in [0.15, 0.2) is 6.20 Å². The molecule has 0 saturated carbocycles. The molecule has 2 N–H and O–H groups in total. The second-order valence-electron chi connectivity index (χ2n) is 3.49. The van der Waals surface area contributed by atoms with E-state index in [-0.39, 0.29) is 18.2 Å². The molecule has 0 aliphatic carbocycles. The quantitative estimate of drug-likeness (QED) is 0.423. The maximum Gasteiger partial charge on any atom is 0.379 e. The number of nitrogens with zero attached hydrogens (tertiary/aromatic N) is 1. The van der Waals surface area contributed by atoms with E-state index in [1.807, 2.05) is 6.92 Å². The van der Waals surface area contributed by atoms with Crippen molar-refractivity contribution >= 4 is 5.71 Å². The van der Waals surface area contributed by atoms with Crippen molar-refractivity contribution in [3.05, 3.63) is 29.1 Å². The van der Waals surface area contributed by atoms with Crippen molar-refractivity contribution in [2.24, 2.45) is 0 Å². The fraction of sp³-hybridized carbons (Fsp3) is 0.455. The molecule has 0 aromatic carbocycles. The van der Waals surface area contributed by atoms with Crippen LogP contribution in [0.3, 0.4) is 0 Å². The van der Waals surface area contributed by atoms with Crippen LogP contribution in [0.5, 0.6) is 5.88 Å². The number of nitrogens with one attached hydrogen (secondary N) is 1. The molecule has 16 heavy (non-hydrogen) atoms. The summed E-state index contributed by atoms with van der Waals surface area (Å²) in [6, 6.07) is 3.23. The van der Waals surface area contributed by atoms with Crippen LogP contribution in [0.15, 0.2) is 18.3 Å². The molecule has 0 bridgehead atoms. The normalized spacial score (nSPS) is 10.1. The van der Waals surface area contributed by atoms with Crippen molar-refractivity contribution in [2.45, 2.75) is 19.8 Å². The van der Waals surface area contributed by atoms with Crippen LogP contribution in [-0.4, -0.2) is 24.0 Å². The topological polar surface area (TPSA) is 80.2 Å². The molecule has 88 valence electrons. The molecule has 0 atom stereocenters. The van der Waals surface area contributed by atoms with Gasteiger partial charge in [-0.05, 0) is 12.0 Å². The van der Waals surface area contributed by atoms with Gasteiger partial charge in [0.1, 0.15) is 0 Å². The zero-order valence-corrected chi connectivity index (χ0v) is 9.27. The Bertz CT molecular complexity index is 366. The van der Waals surface area contributed by atoms with Gasteiger partial charge in [0, 0.05) is 18.2 Å². The van der Waals surface area contributed by atoms with Crippen LogP contribution < -0.4 is 9.47 Å². The molecular weight excluding hydrogens is 208 g/mol. The van der Waals surface area contributed by atoms with Gasteiger partial charge in [0.05, 0.1) is 19.3 Å². The Labute approximate surface area is 94.4 Å². The van der Waals surface area contributed by atoms with Gasteiger partial charge in [0.25, 0.3) is 0 Å². The lowest BCUT2D eigenvalue weighted by Gasteiger charge is -2.07. The predicted octanol–water partition coefficient (Wildman–Crippen LogP) is 0.663. The molecule has 0 fully saturated rings. The molecule has 0 unspecified atom stereocenters. The molecule has 5 heteroatoms. The van der Waals surface area contributed by atoms with Crippen LogP contribution >= 0.6 is 0 Å². The molecule has 5 nitrogen and oxygen atoms in total. The maximum absolute atomic E-state index is 11.3. The summed E-state index contributed by atoms with van der Waals surface area (Å²) in [5.74, 6) is 0.241. The summed E-state index contributed by atoms with van der Waals surface area (Å²) >= 11 is 0. The maximum atomic E-state index is 11.3. The van der Waals surface area contributed by atoms with Gasteiger partial charge in [-0.1, -0.05) is 6.92 Å². The molecule has 0 aliphatic rings. The summed E-state index contributed by atoms with van der Waals surface area (Å²) in [5, 5.41) is 27.4. The van der Waals surface area contributed by atoms with E-state index in [9.17, 15) is 5.21 Å². The highest BCUT2D eigenvalue weighted by atomic mass is 16.5. The van der Waals surface area contributed by atoms with E-state index in [1.54, 1.807) is 12.1 Å². The third-order valence-electron chi connectivity index (χ3n) is 2.01. The summed E-state index contributed by atoms with van der Waals surface area (Å²) in [4.78, 5) is 0. The molecule has 1 aromatic rings. The third-order valence-corrected chi connectivity index (χ3v) is 2.01. The number of pyridine rings is 1. The second kappa shape index (κ2) is 6.07. The first-order valence-electron chi connectivity index (χ1n) is 5.19. The van der Waals surface area contributed by atoms with Crippen molar-refractivity contribution in [3.63, 3.8) is 0 Å². The zero-order chi connectivity index (χ0) is 12.0. The molecule has 0 amide bonds. The summed E-state index contributed by atoms with van der Waals surface area (Å²) in [6.45, 7) is 2.18. The lowest BCUT2D eigenvalue weighted by Crippen LogP contribution is -2.29. The van der Waals surface area contributed by atoms with Gasteiger partial charge in [-0.25, -0.2) is 0 Å². The van der Waals surface area contributed by atoms with Crippen LogP contribution in [0, 0.1) is 10.6 Å². The van der Waals surface area contributed by atoms with Crippen molar-refractivity contribution in [3.8, 4) is 5.88 Å². The number of aromatic nitrogens is 1. The lowest BCUT2D eigenvalue weighted by atomic mass is 10.1. The van der Waals surface area contributed by atoms with Crippen LogP contribution in [0.4, 0.5) is 0 Å². The molecule has 0 spiro atoms. The van der Waals surface area contributed by atoms with Gasteiger partial charge in [-0.2, -0.15) is 0 Å². The lowest BCUT2D eigenvalue weighted by molar-refractivity contribution is -0.613. The van der Waals surface area contributed by atoms with Crippen LogP contribution in [0.2, 0.25) is 0 Å². The first-order chi connectivity index (χ1) is 7.67. The number of rotatable bonds is 6.